The van der Waals surface area contributed by atoms with Crippen LogP contribution in [0, 0.1) is 0 Å². The normalized spacial score (nSPS) is 14.0. The van der Waals surface area contributed by atoms with Crippen LogP contribution in [0.25, 0.3) is 0 Å². The average Bonchev–Trinajstić information content (AvgIpc) is 1.67. The van der Waals surface area contributed by atoms with Crippen molar-refractivity contribution in [2.24, 2.45) is 0 Å². The Morgan fingerprint density at radius 1 is 0.609 bits per heavy atom. The van der Waals surface area contributed by atoms with Crippen LogP contribution in [0.2, 0.25) is 0 Å². The molecule has 0 radical (unpaired) electrons. The van der Waals surface area contributed by atoms with E-state index in [0.29, 0.717) is 40.8 Å². The zero-order valence-corrected chi connectivity index (χ0v) is 54.2. The van der Waals surface area contributed by atoms with Gasteiger partial charge in [0, 0.05) is 53.9 Å². The van der Waals surface area contributed by atoms with Crippen LogP contribution in [-0.2, 0) is 47.8 Å². The molecular weight excluding hydrogens is 1150 g/mol. The molecule has 2 aliphatic rings. The number of phenolic OH excluding ortho intramolecular Hbond substituents is 2. The highest BCUT2D eigenvalue weighted by molar-refractivity contribution is 7.80. The van der Waals surface area contributed by atoms with Crippen molar-refractivity contribution in [3.8, 4) is 23.0 Å². The predicted molar refractivity (Wildman–Crippen MR) is 342 cm³/mol. The maximum absolute atomic E-state index is 13.4. The fourth-order valence-corrected chi connectivity index (χ4v) is 12.2. The largest absolute Gasteiger partial charge is 0.508 e. The lowest BCUT2D eigenvalue weighted by Crippen LogP contribution is -2.49. The summed E-state index contributed by atoms with van der Waals surface area (Å²) in [5, 5.41) is 29.5. The van der Waals surface area contributed by atoms with E-state index in [1.165, 1.54) is 166 Å². The number of esters is 3. The van der Waals surface area contributed by atoms with E-state index < -0.39 is 62.3 Å². The van der Waals surface area contributed by atoms with Gasteiger partial charge in [-0.2, -0.15) is 0 Å². The van der Waals surface area contributed by atoms with Crippen molar-refractivity contribution in [1.82, 2.24) is 10.6 Å². The number of thiocarbonyl (C=S) groups is 1. The third kappa shape index (κ3) is 26.6. The Bertz CT molecular complexity index is 2580. The van der Waals surface area contributed by atoms with Gasteiger partial charge in [-0.05, 0) is 81.4 Å². The summed E-state index contributed by atoms with van der Waals surface area (Å²) in [5.41, 5.74) is -0.224. The summed E-state index contributed by atoms with van der Waals surface area (Å²) in [6.07, 6.45) is 34.4. The van der Waals surface area contributed by atoms with Crippen molar-refractivity contribution in [3.05, 3.63) is 76.9 Å². The zero-order valence-electron chi connectivity index (χ0n) is 52.5. The maximum atomic E-state index is 13.4. The van der Waals surface area contributed by atoms with Crippen LogP contribution in [0.1, 0.15) is 260 Å². The number of rotatable bonds is 46. The molecule has 2 aliphatic heterocycles. The van der Waals surface area contributed by atoms with Crippen LogP contribution in [-0.4, -0.2) is 88.8 Å². The minimum Gasteiger partial charge on any atom is -0.508 e. The number of hydrogen-bond acceptors (Lipinski definition) is 15. The van der Waals surface area contributed by atoms with Gasteiger partial charge < -0.3 is 54.7 Å². The van der Waals surface area contributed by atoms with Gasteiger partial charge in [-0.1, -0.05) is 194 Å². The molecule has 486 valence electrons. The first-order valence-corrected chi connectivity index (χ1v) is 34.5. The second kappa shape index (κ2) is 39.5. The van der Waals surface area contributed by atoms with Crippen molar-refractivity contribution in [2.75, 3.05) is 38.3 Å². The molecule has 20 heteroatoms. The number of aromatic hydroxyl groups is 2. The molecule has 1 amide bonds. The Balaban J connectivity index is 1.00. The molecule has 0 fully saturated rings. The van der Waals surface area contributed by atoms with Gasteiger partial charge in [-0.15, -0.1) is 0 Å². The summed E-state index contributed by atoms with van der Waals surface area (Å²) in [5.74, 6) is -1.22. The quantitative estimate of drug-likeness (QED) is 0.0101. The van der Waals surface area contributed by atoms with Crippen molar-refractivity contribution < 1.29 is 71.6 Å². The standard InChI is InChI=1S/C67H102N3O15PS/c1-5-7-9-11-13-15-17-19-21-23-25-27-29-31-33-35-61(73)79-48-54(83-62(74)36-34-32-30-28-26-24-22-20-18-16-14-12-10-8-6-2)49-82-86(77,78)81-44-43-68-65(76)80-50-66(3,4)70-64(87)69-51-37-40-55-58(45-51)67(85-63(55)75)56-41-38-52(71)46-59(56)84-60-47-53(72)39-42-57(60)67/h37-42,45-47,54,71-72H,5-36,43-44,48-50H2,1-4H3,(H,68,76)(H,77,78)(H2,69,70,87)/t54-/m1/s1. The molecule has 3 aromatic rings. The van der Waals surface area contributed by atoms with E-state index in [1.54, 1.807) is 44.2 Å². The van der Waals surface area contributed by atoms with Gasteiger partial charge >= 0.3 is 31.8 Å². The van der Waals surface area contributed by atoms with Crippen LogP contribution in [0.15, 0.2) is 54.6 Å². The Morgan fingerprint density at radius 3 is 1.57 bits per heavy atom. The third-order valence-corrected chi connectivity index (χ3v) is 17.0. The van der Waals surface area contributed by atoms with E-state index >= 15 is 0 Å². The number of phosphoric acid groups is 1. The minimum atomic E-state index is -4.74. The number of phenols is 2. The average molecular weight is 1250 g/mol. The number of carbonyl (C=O) groups excluding carboxylic acids is 4. The molecule has 0 saturated heterocycles. The second-order valence-electron chi connectivity index (χ2n) is 24.1. The van der Waals surface area contributed by atoms with Crippen molar-refractivity contribution in [2.45, 2.75) is 250 Å². The van der Waals surface area contributed by atoms with Gasteiger partial charge in [0.25, 0.3) is 0 Å². The molecule has 6 N–H and O–H groups in total. The van der Waals surface area contributed by atoms with Gasteiger partial charge in [0.1, 0.15) is 36.2 Å². The highest BCUT2D eigenvalue weighted by Gasteiger charge is 2.54. The van der Waals surface area contributed by atoms with Gasteiger partial charge in [0.05, 0.1) is 24.3 Å². The van der Waals surface area contributed by atoms with Crippen LogP contribution < -0.4 is 20.7 Å². The molecule has 87 heavy (non-hydrogen) atoms. The highest BCUT2D eigenvalue weighted by Crippen LogP contribution is 2.57. The first-order chi connectivity index (χ1) is 41.9. The lowest BCUT2D eigenvalue weighted by molar-refractivity contribution is -0.161. The number of carbonyl (C=O) groups is 4. The number of alkyl carbamates (subject to hydrolysis) is 1. The Hall–Kier alpha value is -5.46. The van der Waals surface area contributed by atoms with Gasteiger partial charge in [-0.25, -0.2) is 14.2 Å². The van der Waals surface area contributed by atoms with Crippen LogP contribution in [0.5, 0.6) is 23.0 Å². The summed E-state index contributed by atoms with van der Waals surface area (Å²) in [7, 11) is -4.74. The van der Waals surface area contributed by atoms with E-state index in [9.17, 15) is 38.8 Å². The molecular formula is C67H102N3O15PS. The topological polar surface area (TPSA) is 247 Å². The molecule has 18 nitrogen and oxygen atoms in total. The van der Waals surface area contributed by atoms with Gasteiger partial charge in [-0.3, -0.25) is 18.6 Å². The first kappa shape index (κ1) is 72.3. The number of hydrogen-bond donors (Lipinski definition) is 6. The summed E-state index contributed by atoms with van der Waals surface area (Å²) < 4.78 is 52.1. The van der Waals surface area contributed by atoms with Crippen LogP contribution in [0.4, 0.5) is 10.5 Å². The number of benzene rings is 3. The molecule has 1 spiro atoms. The lowest BCUT2D eigenvalue weighted by Gasteiger charge is -2.36. The van der Waals surface area contributed by atoms with E-state index in [-0.39, 0.29) is 60.7 Å². The van der Waals surface area contributed by atoms with E-state index in [2.05, 4.69) is 29.8 Å². The van der Waals surface area contributed by atoms with E-state index in [4.69, 9.17) is 44.9 Å². The molecule has 0 aliphatic carbocycles. The number of unbranched alkanes of at least 4 members (excludes halogenated alkanes) is 28. The minimum absolute atomic E-state index is 0.0683. The molecule has 3 aromatic carbocycles. The van der Waals surface area contributed by atoms with Crippen molar-refractivity contribution >= 4 is 54.8 Å². The zero-order chi connectivity index (χ0) is 62.8. The molecule has 2 heterocycles. The summed E-state index contributed by atoms with van der Waals surface area (Å²) in [6, 6.07) is 14.0. The SMILES string of the molecule is CCCCCCCCCCCCCCCCCC(=O)OC[C@H](COP(=O)(O)OCCNC(=O)OCC(C)(C)NC(=S)Nc1ccc2c(c1)C1(OC2=O)c2ccc(O)cc2Oc2cc(O)ccc21)OC(=O)CCCCCCCCCCCCCCCCC. The van der Waals surface area contributed by atoms with Crippen molar-refractivity contribution in [3.63, 3.8) is 0 Å². The van der Waals surface area contributed by atoms with Gasteiger partial charge in [0.15, 0.2) is 16.8 Å². The Kier molecular flexibility index (Phi) is 32.8. The molecule has 5 rings (SSSR count). The lowest BCUT2D eigenvalue weighted by atomic mass is 9.77. The van der Waals surface area contributed by atoms with Gasteiger partial charge in [0.2, 0.25) is 0 Å². The number of ether oxygens (including phenoxy) is 5. The summed E-state index contributed by atoms with van der Waals surface area (Å²) in [4.78, 5) is 62.5. The smallest absolute Gasteiger partial charge is 0.472 e. The second-order valence-corrected chi connectivity index (χ2v) is 25.9. The Labute approximate surface area is 523 Å². The maximum Gasteiger partial charge on any atom is 0.472 e. The number of amides is 1. The molecule has 0 saturated carbocycles. The molecule has 2 atom stereocenters. The van der Waals surface area contributed by atoms with E-state index in [1.807, 2.05) is 0 Å². The van der Waals surface area contributed by atoms with Crippen LogP contribution in [0.3, 0.4) is 0 Å². The Morgan fingerprint density at radius 2 is 1.08 bits per heavy atom. The molecule has 0 aromatic heterocycles. The number of fused-ring (bicyclic) bond motifs is 6. The molecule has 0 bridgehead atoms. The number of anilines is 1. The first-order valence-electron chi connectivity index (χ1n) is 32.6. The fourth-order valence-electron chi connectivity index (χ4n) is 11.0. The number of nitrogens with one attached hydrogen (secondary N) is 3. The number of phosphoric ester groups is 1. The third-order valence-electron chi connectivity index (χ3n) is 15.8. The van der Waals surface area contributed by atoms with Crippen molar-refractivity contribution in [1.29, 1.82) is 0 Å². The van der Waals surface area contributed by atoms with E-state index in [0.717, 1.165) is 38.5 Å². The summed E-state index contributed by atoms with van der Waals surface area (Å²) >= 11 is 5.65. The monoisotopic (exact) mass is 1250 g/mol. The fraction of sp³-hybridized carbons (Fsp3) is 0.657. The summed E-state index contributed by atoms with van der Waals surface area (Å²) in [6.45, 7) is 6.22. The van der Waals surface area contributed by atoms with Crippen LogP contribution >= 0.6 is 20.0 Å². The highest BCUT2D eigenvalue weighted by atomic mass is 32.1. The predicted octanol–water partition coefficient (Wildman–Crippen LogP) is 16.6. The molecule has 1 unspecified atom stereocenters.